The molecular weight excluding hydrogens is 531 g/mol. The lowest BCUT2D eigenvalue weighted by atomic mass is 10.1. The van der Waals surface area contributed by atoms with Crippen molar-refractivity contribution in [3.63, 3.8) is 0 Å². The quantitative estimate of drug-likeness (QED) is 0.244. The maximum Gasteiger partial charge on any atom is 0.255 e. The Morgan fingerprint density at radius 1 is 0.895 bits per heavy atom. The zero-order chi connectivity index (χ0) is 27.7. The van der Waals surface area contributed by atoms with Crippen LogP contribution in [0.25, 0.3) is 21.5 Å². The number of nitrogens with one attached hydrogen (secondary N) is 2. The molecule has 0 aliphatic carbocycles. The van der Waals surface area contributed by atoms with Crippen molar-refractivity contribution in [3.05, 3.63) is 79.5 Å². The molecule has 198 valence electrons. The van der Waals surface area contributed by atoms with Crippen LogP contribution in [0.15, 0.2) is 58.4 Å². The Balaban J connectivity index is 2.06. The van der Waals surface area contributed by atoms with E-state index in [1.807, 2.05) is 13.8 Å². The number of hydrazine groups is 1. The predicted octanol–water partition coefficient (Wildman–Crippen LogP) is 3.29. The SMILES string of the molecule is CC(C)CC(=O)N(c1cc2cc[nH]c(=O)c2cc1Cl)N(c1cc2cc[nH]c(=O)c2cc1Cl)[C@H](CN)C(N)=O. The molecule has 0 radical (unpaired) electrons. The number of primary amides is 1. The molecule has 0 spiro atoms. The third-order valence-electron chi connectivity index (χ3n) is 6.04. The van der Waals surface area contributed by atoms with Gasteiger partial charge in [-0.15, -0.1) is 0 Å². The molecule has 2 heterocycles. The number of halogens is 2. The molecule has 1 atom stereocenters. The molecule has 0 fully saturated rings. The Morgan fingerprint density at radius 3 is 1.87 bits per heavy atom. The molecule has 4 aromatic rings. The molecule has 6 N–H and O–H groups in total. The number of carbonyl (C=O) groups is 2. The van der Waals surface area contributed by atoms with E-state index in [1.54, 1.807) is 24.3 Å². The van der Waals surface area contributed by atoms with Crippen LogP contribution in [0, 0.1) is 5.92 Å². The molecule has 0 unspecified atom stereocenters. The highest BCUT2D eigenvalue weighted by atomic mass is 35.5. The van der Waals surface area contributed by atoms with Gasteiger partial charge < -0.3 is 21.4 Å². The number of H-pyrrole nitrogens is 2. The maximum absolute atomic E-state index is 13.9. The Kier molecular flexibility index (Phi) is 7.77. The first-order valence-corrected chi connectivity index (χ1v) is 12.5. The predicted molar refractivity (Wildman–Crippen MR) is 151 cm³/mol. The number of amides is 2. The Hall–Kier alpha value is -3.86. The summed E-state index contributed by atoms with van der Waals surface area (Å²) in [7, 11) is 0. The number of aromatic nitrogens is 2. The number of benzene rings is 2. The van der Waals surface area contributed by atoms with Crippen LogP contribution >= 0.6 is 23.2 Å². The van der Waals surface area contributed by atoms with E-state index in [0.29, 0.717) is 21.5 Å². The van der Waals surface area contributed by atoms with Crippen LogP contribution in [0.4, 0.5) is 11.4 Å². The summed E-state index contributed by atoms with van der Waals surface area (Å²) in [6, 6.07) is 8.14. The lowest BCUT2D eigenvalue weighted by molar-refractivity contribution is -0.120. The van der Waals surface area contributed by atoms with Gasteiger partial charge in [-0.05, 0) is 53.1 Å². The van der Waals surface area contributed by atoms with E-state index in [9.17, 15) is 19.2 Å². The summed E-state index contributed by atoms with van der Waals surface area (Å²) in [5.74, 6) is -1.30. The van der Waals surface area contributed by atoms with Crippen LogP contribution in [0.5, 0.6) is 0 Å². The van der Waals surface area contributed by atoms with Gasteiger partial charge in [0.05, 0.1) is 21.4 Å². The molecule has 0 aliphatic heterocycles. The molecule has 2 aromatic heterocycles. The third-order valence-corrected chi connectivity index (χ3v) is 6.64. The van der Waals surface area contributed by atoms with Gasteiger partial charge in [-0.3, -0.25) is 24.2 Å². The van der Waals surface area contributed by atoms with Crippen LogP contribution < -0.4 is 32.6 Å². The molecular formula is C26H26Cl2N6O4. The highest BCUT2D eigenvalue weighted by molar-refractivity contribution is 6.36. The molecule has 38 heavy (non-hydrogen) atoms. The minimum atomic E-state index is -1.23. The van der Waals surface area contributed by atoms with Gasteiger partial charge in [0.1, 0.15) is 6.04 Å². The summed E-state index contributed by atoms with van der Waals surface area (Å²) in [5, 5.41) is 4.34. The molecule has 0 saturated carbocycles. The van der Waals surface area contributed by atoms with Crippen molar-refractivity contribution in [2.45, 2.75) is 26.3 Å². The highest BCUT2D eigenvalue weighted by Crippen LogP contribution is 2.38. The van der Waals surface area contributed by atoms with Crippen molar-refractivity contribution in [3.8, 4) is 0 Å². The lowest BCUT2D eigenvalue weighted by Crippen LogP contribution is -2.59. The number of pyridine rings is 2. The van der Waals surface area contributed by atoms with Crippen LogP contribution in [0.3, 0.4) is 0 Å². The monoisotopic (exact) mass is 556 g/mol. The maximum atomic E-state index is 13.9. The van der Waals surface area contributed by atoms with Crippen molar-refractivity contribution in [1.82, 2.24) is 9.97 Å². The number of hydrogen-bond donors (Lipinski definition) is 4. The van der Waals surface area contributed by atoms with Crippen molar-refractivity contribution < 1.29 is 9.59 Å². The number of fused-ring (bicyclic) bond motifs is 2. The number of anilines is 2. The number of nitrogens with zero attached hydrogens (tertiary/aromatic N) is 2. The normalized spacial score (nSPS) is 12.2. The first-order chi connectivity index (χ1) is 18.0. The fourth-order valence-electron chi connectivity index (χ4n) is 4.29. The zero-order valence-electron chi connectivity index (χ0n) is 20.6. The van der Waals surface area contributed by atoms with Crippen molar-refractivity contribution in [2.75, 3.05) is 16.6 Å². The molecule has 4 rings (SSSR count). The summed E-state index contributed by atoms with van der Waals surface area (Å²) < 4.78 is 0. The van der Waals surface area contributed by atoms with Gasteiger partial charge in [0.25, 0.3) is 11.1 Å². The van der Waals surface area contributed by atoms with Gasteiger partial charge in [0.2, 0.25) is 11.8 Å². The number of nitrogens with two attached hydrogens (primary N) is 2. The summed E-state index contributed by atoms with van der Waals surface area (Å²) in [6.45, 7) is 3.47. The number of aromatic amines is 2. The first kappa shape index (κ1) is 27.2. The first-order valence-electron chi connectivity index (χ1n) is 11.8. The minimum Gasteiger partial charge on any atom is -0.368 e. The van der Waals surface area contributed by atoms with E-state index in [2.05, 4.69) is 9.97 Å². The fourth-order valence-corrected chi connectivity index (χ4v) is 4.78. The van der Waals surface area contributed by atoms with Crippen LogP contribution in [-0.2, 0) is 9.59 Å². The van der Waals surface area contributed by atoms with E-state index in [1.165, 1.54) is 34.5 Å². The molecule has 0 aliphatic rings. The molecule has 0 bridgehead atoms. The lowest BCUT2D eigenvalue weighted by Gasteiger charge is -2.41. The van der Waals surface area contributed by atoms with Gasteiger partial charge in [-0.25, -0.2) is 5.01 Å². The van der Waals surface area contributed by atoms with Gasteiger partial charge >= 0.3 is 0 Å². The van der Waals surface area contributed by atoms with E-state index in [4.69, 9.17) is 34.7 Å². The Bertz CT molecular complexity index is 1670. The molecule has 2 aromatic carbocycles. The smallest absolute Gasteiger partial charge is 0.255 e. The summed E-state index contributed by atoms with van der Waals surface area (Å²) in [6.07, 6.45) is 3.02. The van der Waals surface area contributed by atoms with E-state index in [0.717, 1.165) is 0 Å². The van der Waals surface area contributed by atoms with Crippen LogP contribution in [0.1, 0.15) is 20.3 Å². The molecule has 0 saturated heterocycles. The second kappa shape index (κ2) is 10.9. The van der Waals surface area contributed by atoms with Crippen LogP contribution in [0.2, 0.25) is 10.0 Å². The average Bonchev–Trinajstić information content (AvgIpc) is 2.84. The third kappa shape index (κ3) is 5.10. The van der Waals surface area contributed by atoms with E-state index >= 15 is 0 Å². The van der Waals surface area contributed by atoms with E-state index < -0.39 is 17.9 Å². The molecule has 10 nitrogen and oxygen atoms in total. The van der Waals surface area contributed by atoms with Gasteiger partial charge in [0, 0.05) is 36.1 Å². The highest BCUT2D eigenvalue weighted by Gasteiger charge is 2.35. The number of hydrogen-bond acceptors (Lipinski definition) is 6. The van der Waals surface area contributed by atoms with E-state index in [-0.39, 0.29) is 51.4 Å². The standard InChI is InChI=1S/C26H26Cl2N6O4/c1-13(2)7-23(35)34(21-9-15-4-6-32-26(38)17(15)11-19(21)28)33(22(12-29)24(30)36)20-8-14-3-5-31-25(37)16(14)10-18(20)27/h3-6,8-11,13,22H,7,12,29H2,1-2H3,(H2,30,36)(H,31,37)(H,32,38)/t22-/m1/s1. The Morgan fingerprint density at radius 2 is 1.39 bits per heavy atom. The Labute approximate surface area is 227 Å². The number of carbonyl (C=O) groups excluding carboxylic acids is 2. The molecule has 12 heteroatoms. The topological polar surface area (TPSA) is 158 Å². The summed E-state index contributed by atoms with van der Waals surface area (Å²) >= 11 is 13.3. The van der Waals surface area contributed by atoms with Crippen molar-refractivity contribution in [1.29, 1.82) is 0 Å². The fraction of sp³-hybridized carbons (Fsp3) is 0.231. The van der Waals surface area contributed by atoms with Crippen LogP contribution in [-0.4, -0.2) is 34.4 Å². The zero-order valence-corrected chi connectivity index (χ0v) is 22.1. The summed E-state index contributed by atoms with van der Waals surface area (Å²) in [4.78, 5) is 56.4. The van der Waals surface area contributed by atoms with Crippen molar-refractivity contribution >= 4 is 67.9 Å². The van der Waals surface area contributed by atoms with Gasteiger partial charge in [-0.2, -0.15) is 0 Å². The average molecular weight is 557 g/mol. The van der Waals surface area contributed by atoms with Gasteiger partial charge in [0.15, 0.2) is 0 Å². The molecule has 2 amide bonds. The van der Waals surface area contributed by atoms with Gasteiger partial charge in [-0.1, -0.05) is 37.0 Å². The second-order valence-corrected chi connectivity index (χ2v) is 10.0. The minimum absolute atomic E-state index is 0.0653. The second-order valence-electron chi connectivity index (χ2n) is 9.20. The summed E-state index contributed by atoms with van der Waals surface area (Å²) in [5.41, 5.74) is 11.5. The largest absolute Gasteiger partial charge is 0.368 e. The van der Waals surface area contributed by atoms with Crippen molar-refractivity contribution in [2.24, 2.45) is 17.4 Å². The number of rotatable bonds is 8.